The van der Waals surface area contributed by atoms with Gasteiger partial charge in [0.1, 0.15) is 0 Å². The third-order valence-corrected chi connectivity index (χ3v) is 3.39. The third kappa shape index (κ3) is 2.73. The molecule has 90 valence electrons. The van der Waals surface area contributed by atoms with Gasteiger partial charge >= 0.3 is 5.97 Å². The molecule has 0 saturated carbocycles. The van der Waals surface area contributed by atoms with E-state index in [1.807, 2.05) is 19.9 Å². The largest absolute Gasteiger partial charge is 0.469 e. The molecule has 1 N–H and O–H groups in total. The highest BCUT2D eigenvalue weighted by Crippen LogP contribution is 2.37. The van der Waals surface area contributed by atoms with Gasteiger partial charge in [-0.05, 0) is 38.2 Å². The van der Waals surface area contributed by atoms with Crippen LogP contribution >= 0.6 is 0 Å². The molecule has 0 saturated heterocycles. The normalized spacial score (nSPS) is 29.5. The van der Waals surface area contributed by atoms with E-state index in [0.29, 0.717) is 6.42 Å². The van der Waals surface area contributed by atoms with Crippen LogP contribution in [0.1, 0.15) is 33.1 Å². The molecule has 3 heteroatoms. The predicted octanol–water partition coefficient (Wildman–Crippen LogP) is 2.21. The lowest BCUT2D eigenvalue weighted by molar-refractivity contribution is -0.145. The summed E-state index contributed by atoms with van der Waals surface area (Å²) in [5.41, 5.74) is 0.844. The first kappa shape index (κ1) is 13.0. The van der Waals surface area contributed by atoms with Crippen molar-refractivity contribution in [3.05, 3.63) is 23.8 Å². The molecule has 1 unspecified atom stereocenters. The Balaban J connectivity index is 2.84. The highest BCUT2D eigenvalue weighted by atomic mass is 16.5. The number of ether oxygens (including phenoxy) is 1. The SMILES string of the molecule is C=C(C)[C@H]1CC=C(C)C(O)(CC(=O)OC)C1. The van der Waals surface area contributed by atoms with Crippen LogP contribution in [0.15, 0.2) is 23.8 Å². The van der Waals surface area contributed by atoms with Crippen molar-refractivity contribution in [3.8, 4) is 0 Å². The highest BCUT2D eigenvalue weighted by Gasteiger charge is 2.37. The first-order valence-corrected chi connectivity index (χ1v) is 5.51. The Bertz CT molecular complexity index is 330. The maximum Gasteiger partial charge on any atom is 0.308 e. The number of carbonyl (C=O) groups excluding carboxylic acids is 1. The number of esters is 1. The van der Waals surface area contributed by atoms with E-state index in [4.69, 9.17) is 0 Å². The molecular weight excluding hydrogens is 204 g/mol. The van der Waals surface area contributed by atoms with Crippen molar-refractivity contribution >= 4 is 5.97 Å². The monoisotopic (exact) mass is 224 g/mol. The van der Waals surface area contributed by atoms with Crippen LogP contribution in [-0.2, 0) is 9.53 Å². The van der Waals surface area contributed by atoms with Crippen LogP contribution in [0, 0.1) is 5.92 Å². The Morgan fingerprint density at radius 3 is 2.88 bits per heavy atom. The summed E-state index contributed by atoms with van der Waals surface area (Å²) in [7, 11) is 1.34. The quantitative estimate of drug-likeness (QED) is 0.590. The van der Waals surface area contributed by atoms with Gasteiger partial charge in [-0.3, -0.25) is 4.79 Å². The molecule has 3 nitrogen and oxygen atoms in total. The average Bonchev–Trinajstić information content (AvgIpc) is 2.21. The fourth-order valence-electron chi connectivity index (χ4n) is 2.06. The van der Waals surface area contributed by atoms with Crippen molar-refractivity contribution in [3.63, 3.8) is 0 Å². The van der Waals surface area contributed by atoms with Gasteiger partial charge in [0.25, 0.3) is 0 Å². The number of hydrogen-bond donors (Lipinski definition) is 1. The van der Waals surface area contributed by atoms with Gasteiger partial charge < -0.3 is 9.84 Å². The lowest BCUT2D eigenvalue weighted by atomic mass is 9.74. The van der Waals surface area contributed by atoms with E-state index >= 15 is 0 Å². The van der Waals surface area contributed by atoms with E-state index in [0.717, 1.165) is 17.6 Å². The first-order valence-electron chi connectivity index (χ1n) is 5.51. The van der Waals surface area contributed by atoms with Gasteiger partial charge in [-0.15, -0.1) is 0 Å². The minimum atomic E-state index is -1.06. The van der Waals surface area contributed by atoms with E-state index in [9.17, 15) is 9.90 Å². The number of hydrogen-bond acceptors (Lipinski definition) is 3. The van der Waals surface area contributed by atoms with Crippen LogP contribution in [0.5, 0.6) is 0 Å². The fourth-order valence-corrected chi connectivity index (χ4v) is 2.06. The molecule has 1 aliphatic carbocycles. The van der Waals surface area contributed by atoms with Crippen LogP contribution in [0.3, 0.4) is 0 Å². The molecule has 0 fully saturated rings. The smallest absolute Gasteiger partial charge is 0.308 e. The van der Waals surface area contributed by atoms with Gasteiger partial charge in [-0.1, -0.05) is 18.2 Å². The number of carbonyl (C=O) groups is 1. The van der Waals surface area contributed by atoms with Crippen molar-refractivity contribution < 1.29 is 14.6 Å². The third-order valence-electron chi connectivity index (χ3n) is 3.39. The van der Waals surface area contributed by atoms with Crippen molar-refractivity contribution in [1.29, 1.82) is 0 Å². The molecule has 0 radical (unpaired) electrons. The van der Waals surface area contributed by atoms with Gasteiger partial charge in [0.15, 0.2) is 0 Å². The molecule has 0 spiro atoms. The zero-order valence-corrected chi connectivity index (χ0v) is 10.2. The molecule has 2 atom stereocenters. The number of rotatable bonds is 3. The zero-order valence-electron chi connectivity index (χ0n) is 10.2. The minimum absolute atomic E-state index is 0.0234. The Labute approximate surface area is 96.8 Å². The van der Waals surface area contributed by atoms with Crippen LogP contribution in [0.25, 0.3) is 0 Å². The Morgan fingerprint density at radius 2 is 2.38 bits per heavy atom. The molecule has 0 aromatic rings. The van der Waals surface area contributed by atoms with E-state index in [-0.39, 0.29) is 18.3 Å². The number of methoxy groups -OCH3 is 1. The molecular formula is C13H20O3. The maximum absolute atomic E-state index is 11.3. The summed E-state index contributed by atoms with van der Waals surface area (Å²) >= 11 is 0. The molecule has 0 heterocycles. The lowest BCUT2D eigenvalue weighted by Gasteiger charge is -2.36. The van der Waals surface area contributed by atoms with Crippen LogP contribution in [0.2, 0.25) is 0 Å². The van der Waals surface area contributed by atoms with Crippen molar-refractivity contribution in [2.75, 3.05) is 7.11 Å². The van der Waals surface area contributed by atoms with Crippen LogP contribution in [0.4, 0.5) is 0 Å². The van der Waals surface area contributed by atoms with Gasteiger partial charge in [0.2, 0.25) is 0 Å². The van der Waals surface area contributed by atoms with Crippen molar-refractivity contribution in [2.45, 2.75) is 38.7 Å². The molecule has 1 aliphatic rings. The van der Waals surface area contributed by atoms with Crippen LogP contribution < -0.4 is 0 Å². The summed E-state index contributed by atoms with van der Waals surface area (Å²) in [6.07, 6.45) is 3.46. The lowest BCUT2D eigenvalue weighted by Crippen LogP contribution is -2.38. The second-order valence-electron chi connectivity index (χ2n) is 4.65. The van der Waals surface area contributed by atoms with E-state index in [1.165, 1.54) is 7.11 Å². The zero-order chi connectivity index (χ0) is 12.3. The van der Waals surface area contributed by atoms with Crippen molar-refractivity contribution in [1.82, 2.24) is 0 Å². The van der Waals surface area contributed by atoms with Crippen LogP contribution in [-0.4, -0.2) is 23.8 Å². The maximum atomic E-state index is 11.3. The Morgan fingerprint density at radius 1 is 1.75 bits per heavy atom. The van der Waals surface area contributed by atoms with E-state index in [1.54, 1.807) is 0 Å². The van der Waals surface area contributed by atoms with E-state index in [2.05, 4.69) is 11.3 Å². The summed E-state index contributed by atoms with van der Waals surface area (Å²) in [4.78, 5) is 11.3. The fraction of sp³-hybridized carbons (Fsp3) is 0.615. The molecule has 0 aliphatic heterocycles. The molecule has 0 amide bonds. The molecule has 0 aromatic carbocycles. The topological polar surface area (TPSA) is 46.5 Å². The summed E-state index contributed by atoms with van der Waals surface area (Å²) in [6.45, 7) is 7.73. The summed E-state index contributed by atoms with van der Waals surface area (Å²) in [6, 6.07) is 0. The predicted molar refractivity (Wildman–Crippen MR) is 62.9 cm³/mol. The van der Waals surface area contributed by atoms with Gasteiger partial charge in [-0.25, -0.2) is 0 Å². The Kier molecular flexibility index (Phi) is 3.92. The second kappa shape index (κ2) is 4.83. The van der Waals surface area contributed by atoms with Gasteiger partial charge in [-0.2, -0.15) is 0 Å². The minimum Gasteiger partial charge on any atom is -0.469 e. The molecule has 0 bridgehead atoms. The highest BCUT2D eigenvalue weighted by molar-refractivity contribution is 5.71. The average molecular weight is 224 g/mol. The molecule has 0 aromatic heterocycles. The van der Waals surface area contributed by atoms with Crippen molar-refractivity contribution in [2.24, 2.45) is 5.92 Å². The first-order chi connectivity index (χ1) is 7.39. The summed E-state index contributed by atoms with van der Waals surface area (Å²) in [5.74, 6) is -0.129. The van der Waals surface area contributed by atoms with Gasteiger partial charge in [0, 0.05) is 0 Å². The standard InChI is InChI=1S/C13H20O3/c1-9(2)11-6-5-10(3)13(15,7-11)8-12(14)16-4/h5,11,15H,1,6-8H2,2-4H3/t11-,13?/m0/s1. The number of allylic oxidation sites excluding steroid dienone is 2. The number of aliphatic hydroxyl groups is 1. The van der Waals surface area contributed by atoms with Gasteiger partial charge in [0.05, 0.1) is 19.1 Å². The second-order valence-corrected chi connectivity index (χ2v) is 4.65. The molecule has 1 rings (SSSR count). The Hall–Kier alpha value is -1.09. The summed E-state index contributed by atoms with van der Waals surface area (Å²) < 4.78 is 4.61. The molecule has 16 heavy (non-hydrogen) atoms. The summed E-state index contributed by atoms with van der Waals surface area (Å²) in [5, 5.41) is 10.5. The van der Waals surface area contributed by atoms with E-state index < -0.39 is 5.60 Å².